The fourth-order valence-corrected chi connectivity index (χ4v) is 4.86. The lowest BCUT2D eigenvalue weighted by atomic mass is 10.1. The molecule has 0 radical (unpaired) electrons. The second kappa shape index (κ2) is 8.16. The van der Waals surface area contributed by atoms with Gasteiger partial charge in [-0.1, -0.05) is 6.07 Å². The minimum absolute atomic E-state index is 0.0253. The summed E-state index contributed by atoms with van der Waals surface area (Å²) < 4.78 is 52.1. The van der Waals surface area contributed by atoms with Crippen molar-refractivity contribution in [3.63, 3.8) is 0 Å². The number of hydrogen-bond donors (Lipinski definition) is 0. The van der Waals surface area contributed by atoms with Gasteiger partial charge in [0.25, 0.3) is 0 Å². The zero-order valence-electron chi connectivity index (χ0n) is 16.4. The standard InChI is InChI=1S/C21H21FN2O5S/c1-2-28-21(25)20-17-13-16(30(26,27)15-7-5-6-14(22)12-15)9-10-18(17)24(23-20)19-8-3-4-11-29-19/h5-7,9-10,12-13,19H,2-4,8,11H2,1H3. The molecule has 1 aliphatic heterocycles. The van der Waals surface area contributed by atoms with Crippen LogP contribution >= 0.6 is 0 Å². The number of aromatic nitrogens is 2. The predicted molar refractivity (Wildman–Crippen MR) is 106 cm³/mol. The number of esters is 1. The lowest BCUT2D eigenvalue weighted by Crippen LogP contribution is -2.19. The van der Waals surface area contributed by atoms with Crippen molar-refractivity contribution in [2.75, 3.05) is 13.2 Å². The Morgan fingerprint density at radius 1 is 1.23 bits per heavy atom. The van der Waals surface area contributed by atoms with E-state index in [1.54, 1.807) is 17.7 Å². The molecule has 1 atom stereocenters. The minimum atomic E-state index is -3.98. The van der Waals surface area contributed by atoms with Gasteiger partial charge in [-0.05, 0) is 62.6 Å². The van der Waals surface area contributed by atoms with Crippen molar-refractivity contribution >= 4 is 26.7 Å². The number of benzene rings is 2. The zero-order valence-corrected chi connectivity index (χ0v) is 17.2. The molecule has 2 aromatic carbocycles. The maximum Gasteiger partial charge on any atom is 0.359 e. The van der Waals surface area contributed by atoms with Crippen LogP contribution in [0, 0.1) is 5.82 Å². The third-order valence-corrected chi connectivity index (χ3v) is 6.74. The molecule has 2 heterocycles. The SMILES string of the molecule is CCOC(=O)c1nn(C2CCCCO2)c2ccc(S(=O)(=O)c3cccc(F)c3)cc12. The van der Waals surface area contributed by atoms with E-state index in [1.807, 2.05) is 0 Å². The van der Waals surface area contributed by atoms with E-state index in [1.165, 1.54) is 30.3 Å². The normalized spacial score (nSPS) is 17.2. The fraction of sp³-hybridized carbons (Fsp3) is 0.333. The highest BCUT2D eigenvalue weighted by Gasteiger charge is 2.27. The van der Waals surface area contributed by atoms with E-state index >= 15 is 0 Å². The van der Waals surface area contributed by atoms with Crippen molar-refractivity contribution in [2.24, 2.45) is 0 Å². The molecule has 7 nitrogen and oxygen atoms in total. The predicted octanol–water partition coefficient (Wildman–Crippen LogP) is 3.88. The van der Waals surface area contributed by atoms with Gasteiger partial charge in [0.2, 0.25) is 9.84 Å². The molecule has 1 fully saturated rings. The minimum Gasteiger partial charge on any atom is -0.461 e. The number of hydrogen-bond acceptors (Lipinski definition) is 6. The molecular formula is C21H21FN2O5S. The second-order valence-corrected chi connectivity index (χ2v) is 8.92. The molecule has 1 unspecified atom stereocenters. The monoisotopic (exact) mass is 432 g/mol. The van der Waals surface area contributed by atoms with E-state index in [-0.39, 0.29) is 28.3 Å². The highest BCUT2D eigenvalue weighted by atomic mass is 32.2. The summed E-state index contributed by atoms with van der Waals surface area (Å²) in [5.41, 5.74) is 0.598. The molecule has 0 N–H and O–H groups in total. The maximum absolute atomic E-state index is 13.6. The number of nitrogens with zero attached hydrogens (tertiary/aromatic N) is 2. The average Bonchev–Trinajstić information content (AvgIpc) is 3.13. The molecule has 0 amide bonds. The van der Waals surface area contributed by atoms with Gasteiger partial charge < -0.3 is 9.47 Å². The number of carbonyl (C=O) groups is 1. The Bertz CT molecular complexity index is 1200. The Morgan fingerprint density at radius 3 is 2.73 bits per heavy atom. The zero-order chi connectivity index (χ0) is 21.3. The van der Waals surface area contributed by atoms with Crippen molar-refractivity contribution < 1.29 is 27.1 Å². The van der Waals surface area contributed by atoms with Gasteiger partial charge in [-0.2, -0.15) is 5.10 Å². The summed E-state index contributed by atoms with van der Waals surface area (Å²) in [4.78, 5) is 12.3. The van der Waals surface area contributed by atoms with E-state index in [4.69, 9.17) is 9.47 Å². The van der Waals surface area contributed by atoms with Crippen LogP contribution in [0.5, 0.6) is 0 Å². The lowest BCUT2D eigenvalue weighted by Gasteiger charge is -2.23. The first kappa shape index (κ1) is 20.5. The van der Waals surface area contributed by atoms with Crippen LogP contribution in [0.25, 0.3) is 10.9 Å². The Morgan fingerprint density at radius 2 is 2.03 bits per heavy atom. The molecule has 3 aromatic rings. The molecule has 30 heavy (non-hydrogen) atoms. The van der Waals surface area contributed by atoms with Crippen LogP contribution in [0.3, 0.4) is 0 Å². The second-order valence-electron chi connectivity index (χ2n) is 6.97. The first-order valence-corrected chi connectivity index (χ1v) is 11.2. The summed E-state index contributed by atoms with van der Waals surface area (Å²) in [6.07, 6.45) is 2.32. The molecule has 0 saturated carbocycles. The third-order valence-electron chi connectivity index (χ3n) is 4.99. The summed E-state index contributed by atoms with van der Waals surface area (Å²) in [7, 11) is -3.98. The van der Waals surface area contributed by atoms with Crippen molar-refractivity contribution in [3.05, 3.63) is 54.0 Å². The van der Waals surface area contributed by atoms with Gasteiger partial charge in [-0.25, -0.2) is 22.3 Å². The number of carbonyl (C=O) groups excluding carboxylic acids is 1. The van der Waals surface area contributed by atoms with Crippen molar-refractivity contribution in [1.82, 2.24) is 9.78 Å². The van der Waals surface area contributed by atoms with E-state index in [0.29, 0.717) is 17.5 Å². The summed E-state index contributed by atoms with van der Waals surface area (Å²) in [6.45, 7) is 2.43. The van der Waals surface area contributed by atoms with Gasteiger partial charge in [-0.15, -0.1) is 0 Å². The van der Waals surface area contributed by atoms with Gasteiger partial charge in [0, 0.05) is 12.0 Å². The van der Waals surface area contributed by atoms with Crippen LogP contribution in [-0.4, -0.2) is 37.4 Å². The number of fused-ring (bicyclic) bond motifs is 1. The molecule has 1 aliphatic rings. The van der Waals surface area contributed by atoms with Crippen molar-refractivity contribution in [2.45, 2.75) is 42.2 Å². The molecule has 0 aliphatic carbocycles. The van der Waals surface area contributed by atoms with Crippen LogP contribution in [0.15, 0.2) is 52.3 Å². The van der Waals surface area contributed by atoms with Gasteiger partial charge >= 0.3 is 5.97 Å². The molecule has 1 saturated heterocycles. The molecule has 158 valence electrons. The van der Waals surface area contributed by atoms with E-state index in [2.05, 4.69) is 5.10 Å². The van der Waals surface area contributed by atoms with E-state index < -0.39 is 21.6 Å². The fourth-order valence-electron chi connectivity index (χ4n) is 3.54. The average molecular weight is 432 g/mol. The van der Waals surface area contributed by atoms with Crippen LogP contribution in [0.1, 0.15) is 42.9 Å². The Balaban J connectivity index is 1.86. The Labute approximate surface area is 173 Å². The largest absolute Gasteiger partial charge is 0.461 e. The lowest BCUT2D eigenvalue weighted by molar-refractivity contribution is -0.0369. The molecule has 4 rings (SSSR count). The smallest absolute Gasteiger partial charge is 0.359 e. The number of sulfone groups is 1. The molecule has 0 spiro atoms. The van der Waals surface area contributed by atoms with Gasteiger partial charge in [-0.3, -0.25) is 0 Å². The molecular weight excluding hydrogens is 411 g/mol. The van der Waals surface area contributed by atoms with Gasteiger partial charge in [0.05, 0.1) is 21.9 Å². The number of ether oxygens (including phenoxy) is 2. The first-order chi connectivity index (χ1) is 14.4. The number of halogens is 1. The molecule has 0 bridgehead atoms. The Kier molecular flexibility index (Phi) is 5.57. The Hall–Kier alpha value is -2.78. The highest BCUT2D eigenvalue weighted by molar-refractivity contribution is 7.91. The summed E-state index contributed by atoms with van der Waals surface area (Å²) in [5, 5.41) is 4.75. The summed E-state index contributed by atoms with van der Waals surface area (Å²) in [5.74, 6) is -1.29. The quantitative estimate of drug-likeness (QED) is 0.569. The van der Waals surface area contributed by atoms with Gasteiger partial charge in [0.1, 0.15) is 5.82 Å². The third kappa shape index (κ3) is 3.70. The summed E-state index contributed by atoms with van der Waals surface area (Å²) >= 11 is 0. The van der Waals surface area contributed by atoms with Crippen LogP contribution in [-0.2, 0) is 19.3 Å². The van der Waals surface area contributed by atoms with Gasteiger partial charge in [0.15, 0.2) is 11.9 Å². The van der Waals surface area contributed by atoms with Crippen LogP contribution in [0.2, 0.25) is 0 Å². The van der Waals surface area contributed by atoms with Crippen LogP contribution in [0.4, 0.5) is 4.39 Å². The van der Waals surface area contributed by atoms with Crippen molar-refractivity contribution in [1.29, 1.82) is 0 Å². The van der Waals surface area contributed by atoms with Crippen LogP contribution < -0.4 is 0 Å². The first-order valence-electron chi connectivity index (χ1n) is 9.73. The van der Waals surface area contributed by atoms with Crippen molar-refractivity contribution in [3.8, 4) is 0 Å². The summed E-state index contributed by atoms with van der Waals surface area (Å²) in [6, 6.07) is 9.21. The molecule has 9 heteroatoms. The molecule has 1 aromatic heterocycles. The maximum atomic E-state index is 13.6. The highest BCUT2D eigenvalue weighted by Crippen LogP contribution is 2.31. The van der Waals surface area contributed by atoms with E-state index in [9.17, 15) is 17.6 Å². The van der Waals surface area contributed by atoms with E-state index in [0.717, 1.165) is 25.3 Å². The number of rotatable bonds is 5. The topological polar surface area (TPSA) is 87.5 Å².